The molecule has 0 saturated carbocycles. The molecule has 352 valence electrons. The average molecular weight is 921 g/mol. The number of piperidine rings is 3. The lowest BCUT2D eigenvalue weighted by atomic mass is 9.82. The number of aryl methyl sites for hydroxylation is 1. The Balaban J connectivity index is 0.854. The molecular formula is C56H68N4O6Si. The van der Waals surface area contributed by atoms with Crippen LogP contribution in [-0.2, 0) is 23.9 Å². The molecule has 5 aromatic carbocycles. The van der Waals surface area contributed by atoms with E-state index >= 15 is 0 Å². The summed E-state index contributed by atoms with van der Waals surface area (Å²) < 4.78 is 19.6. The first-order valence-electron chi connectivity index (χ1n) is 24.2. The van der Waals surface area contributed by atoms with Gasteiger partial charge in [-0.15, -0.1) is 0 Å². The minimum atomic E-state index is -2.20. The first-order chi connectivity index (χ1) is 32.3. The SMILES string of the molecule is CC(C)(C)[Si](C)(C)O[C@@H](CNCCc1ccc(OCCCCc2ccc(-c3ccccc3)c(N(C(=O)O)C3CN4CCC3CC4)c2)cc1)c1ccc(OCc2ccccc2)c2[nH]c(=O)ccc12. The van der Waals surface area contributed by atoms with E-state index in [-0.39, 0.29) is 22.7 Å². The molecule has 4 heterocycles. The van der Waals surface area contributed by atoms with Crippen molar-refractivity contribution in [3.63, 3.8) is 0 Å². The molecule has 0 aliphatic carbocycles. The predicted molar refractivity (Wildman–Crippen MR) is 273 cm³/mol. The zero-order chi connectivity index (χ0) is 47.0. The number of unbranched alkanes of at least 4 members (excludes halogenated alkanes) is 1. The molecule has 0 radical (unpaired) electrons. The predicted octanol–water partition coefficient (Wildman–Crippen LogP) is 11.6. The summed E-state index contributed by atoms with van der Waals surface area (Å²) in [5.74, 6) is 1.88. The largest absolute Gasteiger partial charge is 0.494 e. The van der Waals surface area contributed by atoms with E-state index in [1.54, 1.807) is 11.0 Å². The fourth-order valence-corrected chi connectivity index (χ4v) is 10.7. The number of hydrogen-bond donors (Lipinski definition) is 3. The summed E-state index contributed by atoms with van der Waals surface area (Å²) in [5, 5.41) is 15.3. The Morgan fingerprint density at radius 2 is 1.55 bits per heavy atom. The lowest BCUT2D eigenvalue weighted by Crippen LogP contribution is -2.59. The highest BCUT2D eigenvalue weighted by atomic mass is 28.4. The molecular weight excluding hydrogens is 853 g/mol. The van der Waals surface area contributed by atoms with Crippen LogP contribution in [0.4, 0.5) is 10.5 Å². The molecule has 3 fully saturated rings. The number of ether oxygens (including phenoxy) is 2. The van der Waals surface area contributed by atoms with E-state index < -0.39 is 14.4 Å². The van der Waals surface area contributed by atoms with Gasteiger partial charge in [-0.25, -0.2) is 4.79 Å². The molecule has 2 atom stereocenters. The van der Waals surface area contributed by atoms with Crippen LogP contribution in [0, 0.1) is 5.92 Å². The van der Waals surface area contributed by atoms with E-state index in [1.165, 1.54) is 5.56 Å². The number of H-pyrrole nitrogens is 1. The van der Waals surface area contributed by atoms with Gasteiger partial charge in [-0.05, 0) is 140 Å². The van der Waals surface area contributed by atoms with Crippen LogP contribution < -0.4 is 25.2 Å². The number of carboxylic acid groups (broad SMARTS) is 1. The Hall–Kier alpha value is -5.72. The molecule has 11 heteroatoms. The van der Waals surface area contributed by atoms with Crippen molar-refractivity contribution >= 4 is 31.0 Å². The van der Waals surface area contributed by atoms with Crippen molar-refractivity contribution in [2.24, 2.45) is 5.92 Å². The molecule has 1 unspecified atom stereocenters. The summed E-state index contributed by atoms with van der Waals surface area (Å²) >= 11 is 0. The van der Waals surface area contributed by atoms with Crippen LogP contribution in [-0.4, -0.2) is 74.8 Å². The van der Waals surface area contributed by atoms with Crippen molar-refractivity contribution in [2.75, 3.05) is 44.2 Å². The summed E-state index contributed by atoms with van der Waals surface area (Å²) in [6, 6.07) is 42.4. The minimum absolute atomic E-state index is 0.00939. The maximum atomic E-state index is 13.0. The van der Waals surface area contributed by atoms with Gasteiger partial charge in [-0.1, -0.05) is 112 Å². The number of pyridine rings is 1. The number of aromatic amines is 1. The Bertz CT molecular complexity index is 2620. The monoisotopic (exact) mass is 920 g/mol. The van der Waals surface area contributed by atoms with Gasteiger partial charge in [-0.3, -0.25) is 9.69 Å². The van der Waals surface area contributed by atoms with Gasteiger partial charge < -0.3 is 34.2 Å². The summed E-state index contributed by atoms with van der Waals surface area (Å²) in [5.41, 5.74) is 7.73. The van der Waals surface area contributed by atoms with Crippen LogP contribution in [0.15, 0.2) is 132 Å². The average Bonchev–Trinajstić information content (AvgIpc) is 3.32. The highest BCUT2D eigenvalue weighted by molar-refractivity contribution is 6.74. The fraction of sp³-hybridized carbons (Fsp3) is 0.393. The van der Waals surface area contributed by atoms with Crippen molar-refractivity contribution in [3.05, 3.63) is 160 Å². The Morgan fingerprint density at radius 3 is 2.24 bits per heavy atom. The van der Waals surface area contributed by atoms with Gasteiger partial charge in [0.05, 0.1) is 30.0 Å². The first-order valence-corrected chi connectivity index (χ1v) is 27.1. The lowest BCUT2D eigenvalue weighted by molar-refractivity contribution is 0.0837. The third kappa shape index (κ3) is 11.9. The number of rotatable bonds is 20. The van der Waals surface area contributed by atoms with Crippen LogP contribution in [0.3, 0.4) is 0 Å². The van der Waals surface area contributed by atoms with Crippen LogP contribution >= 0.6 is 0 Å². The number of hydrogen-bond acceptors (Lipinski definition) is 7. The van der Waals surface area contributed by atoms with Crippen LogP contribution in [0.25, 0.3) is 22.0 Å². The minimum Gasteiger partial charge on any atom is -0.494 e. The second kappa shape index (κ2) is 21.5. The van der Waals surface area contributed by atoms with E-state index in [0.717, 1.165) is 109 Å². The molecule has 1 aromatic heterocycles. The summed E-state index contributed by atoms with van der Waals surface area (Å²) in [6.45, 7) is 16.6. The molecule has 3 saturated heterocycles. The highest BCUT2D eigenvalue weighted by Crippen LogP contribution is 2.42. The Morgan fingerprint density at radius 1 is 0.836 bits per heavy atom. The summed E-state index contributed by atoms with van der Waals surface area (Å²) in [6.07, 6.45) is 4.50. The quantitative estimate of drug-likeness (QED) is 0.0512. The molecule has 3 aliphatic rings. The van der Waals surface area contributed by atoms with E-state index in [9.17, 15) is 14.7 Å². The van der Waals surface area contributed by atoms with Crippen LogP contribution in [0.1, 0.15) is 74.8 Å². The third-order valence-electron chi connectivity index (χ3n) is 14.3. The van der Waals surface area contributed by atoms with E-state index in [1.807, 2.05) is 60.7 Å². The van der Waals surface area contributed by atoms with Crippen LogP contribution in [0.2, 0.25) is 18.1 Å². The number of nitrogens with one attached hydrogen (secondary N) is 2. The summed E-state index contributed by atoms with van der Waals surface area (Å²) in [4.78, 5) is 32.8. The van der Waals surface area contributed by atoms with Crippen molar-refractivity contribution in [3.8, 4) is 22.6 Å². The number of nitrogens with zero attached hydrogens (tertiary/aromatic N) is 2. The van der Waals surface area contributed by atoms with E-state index in [0.29, 0.717) is 36.9 Å². The van der Waals surface area contributed by atoms with Gasteiger partial charge in [0.2, 0.25) is 5.56 Å². The molecule has 67 heavy (non-hydrogen) atoms. The number of anilines is 1. The smallest absolute Gasteiger partial charge is 0.412 e. The zero-order valence-electron chi connectivity index (χ0n) is 39.9. The molecule has 6 aromatic rings. The van der Waals surface area contributed by atoms with Gasteiger partial charge >= 0.3 is 6.09 Å². The second-order valence-corrected chi connectivity index (χ2v) is 24.6. The normalized spacial score (nSPS) is 17.6. The van der Waals surface area contributed by atoms with Crippen molar-refractivity contribution < 1.29 is 23.8 Å². The van der Waals surface area contributed by atoms with Crippen molar-refractivity contribution in [2.45, 2.75) is 96.2 Å². The van der Waals surface area contributed by atoms with Crippen LogP contribution in [0.5, 0.6) is 11.5 Å². The standard InChI is InChI=1S/C56H68N4O6Si/c1-56(2,3)67(4,5)66-52(47-25-27-51(54-48(47)26-28-53(61)58-54)65-39-42-15-8-6-9-16-42)37-57-32-29-40-19-22-45(23-20-40)64-35-13-12-14-41-21-24-46(43-17-10-7-11-18-43)49(36-41)60(55(62)63)50-38-59-33-30-44(50)31-34-59/h6-11,15-28,36,44,50,52,57H,12-14,29-35,37-39H2,1-5H3,(H,58,61)(H,62,63)/t50?,52-/m0/s1. The fourth-order valence-electron chi connectivity index (χ4n) is 9.42. The number of carbonyl (C=O) groups is 1. The van der Waals surface area contributed by atoms with E-state index in [2.05, 4.69) is 110 Å². The topological polar surface area (TPSA) is 116 Å². The zero-order valence-corrected chi connectivity index (χ0v) is 40.9. The first kappa shape index (κ1) is 47.8. The second-order valence-electron chi connectivity index (χ2n) is 19.9. The molecule has 2 bridgehead atoms. The number of amides is 1. The molecule has 0 spiro atoms. The molecule has 9 rings (SSSR count). The summed E-state index contributed by atoms with van der Waals surface area (Å²) in [7, 11) is -2.20. The number of benzene rings is 5. The van der Waals surface area contributed by atoms with E-state index in [4.69, 9.17) is 13.9 Å². The van der Waals surface area contributed by atoms with Crippen molar-refractivity contribution in [1.29, 1.82) is 0 Å². The molecule has 10 nitrogen and oxygen atoms in total. The Kier molecular flexibility index (Phi) is 15.3. The maximum absolute atomic E-state index is 13.0. The van der Waals surface area contributed by atoms with Gasteiger partial charge in [0.1, 0.15) is 18.1 Å². The molecule has 3 N–H and O–H groups in total. The third-order valence-corrected chi connectivity index (χ3v) is 18.7. The number of fused-ring (bicyclic) bond motifs is 4. The lowest BCUT2D eigenvalue weighted by Gasteiger charge is -2.48. The molecule has 1 amide bonds. The van der Waals surface area contributed by atoms with Gasteiger partial charge in [-0.2, -0.15) is 0 Å². The number of aromatic nitrogens is 1. The van der Waals surface area contributed by atoms with Gasteiger partial charge in [0, 0.05) is 30.1 Å². The van der Waals surface area contributed by atoms with Gasteiger partial charge in [0.15, 0.2) is 8.32 Å². The maximum Gasteiger partial charge on any atom is 0.412 e. The molecule has 3 aliphatic heterocycles. The highest BCUT2D eigenvalue weighted by Gasteiger charge is 2.41. The Labute approximate surface area is 397 Å². The van der Waals surface area contributed by atoms with Crippen molar-refractivity contribution in [1.82, 2.24) is 15.2 Å². The van der Waals surface area contributed by atoms with Gasteiger partial charge in [0.25, 0.3) is 0 Å².